The Labute approximate surface area is 92.7 Å². The lowest BCUT2D eigenvalue weighted by Crippen LogP contribution is -2.33. The van der Waals surface area contributed by atoms with Gasteiger partial charge in [-0.25, -0.2) is 4.98 Å². The van der Waals surface area contributed by atoms with E-state index >= 15 is 0 Å². The zero-order chi connectivity index (χ0) is 11.4. The highest BCUT2D eigenvalue weighted by atomic mass is 16.2. The number of nitrogens with one attached hydrogen (secondary N) is 1. The molecule has 0 bridgehead atoms. The molecule has 1 saturated heterocycles. The van der Waals surface area contributed by atoms with Crippen LogP contribution in [0.1, 0.15) is 12.8 Å². The molecule has 6 heteroatoms. The summed E-state index contributed by atoms with van der Waals surface area (Å²) in [4.78, 5) is 31.7. The van der Waals surface area contributed by atoms with Crippen molar-refractivity contribution in [2.45, 2.75) is 12.8 Å². The van der Waals surface area contributed by atoms with Crippen molar-refractivity contribution in [2.24, 2.45) is 0 Å². The number of rotatable bonds is 4. The standard InChI is InChI=1S/C10H12N4O2/c15-9-1-2-10(16)14(9)6-5-13-8-7-11-3-4-12-8/h3-4,7H,1-2,5-6H2,(H,12,13). The van der Waals surface area contributed by atoms with Gasteiger partial charge in [0.15, 0.2) is 0 Å². The normalized spacial score (nSPS) is 15.6. The number of carbonyl (C=O) groups excluding carboxylic acids is 2. The molecule has 1 aliphatic rings. The molecule has 1 aliphatic heterocycles. The number of aromatic nitrogens is 2. The Morgan fingerprint density at radius 3 is 2.62 bits per heavy atom. The van der Waals surface area contributed by atoms with Crippen molar-refractivity contribution in [1.82, 2.24) is 14.9 Å². The van der Waals surface area contributed by atoms with Gasteiger partial charge in [-0.05, 0) is 0 Å². The van der Waals surface area contributed by atoms with Crippen molar-refractivity contribution in [3.63, 3.8) is 0 Å². The largest absolute Gasteiger partial charge is 0.367 e. The van der Waals surface area contributed by atoms with Gasteiger partial charge in [-0.15, -0.1) is 0 Å². The van der Waals surface area contributed by atoms with Crippen LogP contribution in [-0.2, 0) is 9.59 Å². The average molecular weight is 220 g/mol. The molecule has 0 spiro atoms. The van der Waals surface area contributed by atoms with Crippen molar-refractivity contribution in [1.29, 1.82) is 0 Å². The summed E-state index contributed by atoms with van der Waals surface area (Å²) in [6, 6.07) is 0. The van der Waals surface area contributed by atoms with Gasteiger partial charge in [0, 0.05) is 38.3 Å². The van der Waals surface area contributed by atoms with Crippen LogP contribution in [0.2, 0.25) is 0 Å². The van der Waals surface area contributed by atoms with E-state index in [-0.39, 0.29) is 11.8 Å². The topological polar surface area (TPSA) is 75.2 Å². The lowest BCUT2D eigenvalue weighted by atomic mass is 10.4. The molecule has 0 aliphatic carbocycles. The monoisotopic (exact) mass is 220 g/mol. The van der Waals surface area contributed by atoms with Gasteiger partial charge in [0.1, 0.15) is 5.82 Å². The number of amides is 2. The zero-order valence-electron chi connectivity index (χ0n) is 8.72. The van der Waals surface area contributed by atoms with Gasteiger partial charge in [-0.1, -0.05) is 0 Å². The van der Waals surface area contributed by atoms with Gasteiger partial charge in [-0.3, -0.25) is 19.5 Å². The van der Waals surface area contributed by atoms with E-state index in [2.05, 4.69) is 15.3 Å². The zero-order valence-corrected chi connectivity index (χ0v) is 8.72. The van der Waals surface area contributed by atoms with E-state index in [0.717, 1.165) is 0 Å². The first-order valence-electron chi connectivity index (χ1n) is 5.10. The molecule has 6 nitrogen and oxygen atoms in total. The number of likely N-dealkylation sites (tertiary alicyclic amines) is 1. The molecule has 0 atom stereocenters. The van der Waals surface area contributed by atoms with Crippen LogP contribution in [0, 0.1) is 0 Å². The van der Waals surface area contributed by atoms with Gasteiger partial charge in [0.25, 0.3) is 0 Å². The fraction of sp³-hybridized carbons (Fsp3) is 0.400. The first-order chi connectivity index (χ1) is 7.77. The number of carbonyl (C=O) groups is 2. The Kier molecular flexibility index (Phi) is 3.09. The highest BCUT2D eigenvalue weighted by Gasteiger charge is 2.27. The maximum atomic E-state index is 11.3. The second-order valence-electron chi connectivity index (χ2n) is 3.46. The smallest absolute Gasteiger partial charge is 0.229 e. The average Bonchev–Trinajstić information content (AvgIpc) is 2.62. The van der Waals surface area contributed by atoms with E-state index in [9.17, 15) is 9.59 Å². The molecule has 2 rings (SSSR count). The fourth-order valence-corrected chi connectivity index (χ4v) is 1.56. The summed E-state index contributed by atoms with van der Waals surface area (Å²) >= 11 is 0. The minimum atomic E-state index is -0.0917. The summed E-state index contributed by atoms with van der Waals surface area (Å²) in [5.41, 5.74) is 0. The van der Waals surface area contributed by atoms with Crippen molar-refractivity contribution < 1.29 is 9.59 Å². The summed E-state index contributed by atoms with van der Waals surface area (Å²) in [7, 11) is 0. The Morgan fingerprint density at radius 1 is 1.25 bits per heavy atom. The van der Waals surface area contributed by atoms with E-state index in [0.29, 0.717) is 31.7 Å². The van der Waals surface area contributed by atoms with E-state index in [1.807, 2.05) is 0 Å². The van der Waals surface area contributed by atoms with Crippen LogP contribution in [0.5, 0.6) is 0 Å². The summed E-state index contributed by atoms with van der Waals surface area (Å²) in [6.07, 6.45) is 5.43. The molecule has 0 aromatic carbocycles. The third-order valence-electron chi connectivity index (χ3n) is 2.36. The van der Waals surface area contributed by atoms with Crippen LogP contribution in [0.4, 0.5) is 5.82 Å². The number of hydrogen-bond donors (Lipinski definition) is 1. The Balaban J connectivity index is 1.80. The molecule has 1 N–H and O–H groups in total. The van der Waals surface area contributed by atoms with E-state index in [1.165, 1.54) is 4.90 Å². The minimum Gasteiger partial charge on any atom is -0.367 e. The minimum absolute atomic E-state index is 0.0917. The van der Waals surface area contributed by atoms with E-state index in [1.54, 1.807) is 18.6 Å². The lowest BCUT2D eigenvalue weighted by Gasteiger charge is -2.13. The van der Waals surface area contributed by atoms with Crippen molar-refractivity contribution in [3.05, 3.63) is 18.6 Å². The van der Waals surface area contributed by atoms with Gasteiger partial charge in [0.2, 0.25) is 11.8 Å². The highest BCUT2D eigenvalue weighted by molar-refractivity contribution is 6.01. The fourth-order valence-electron chi connectivity index (χ4n) is 1.56. The third kappa shape index (κ3) is 2.33. The van der Waals surface area contributed by atoms with Crippen LogP contribution in [-0.4, -0.2) is 39.8 Å². The predicted octanol–water partition coefficient (Wildman–Crippen LogP) is 0.0375. The van der Waals surface area contributed by atoms with Crippen molar-refractivity contribution in [3.8, 4) is 0 Å². The number of anilines is 1. The first-order valence-corrected chi connectivity index (χ1v) is 5.10. The molecule has 2 amide bonds. The van der Waals surface area contributed by atoms with Crippen LogP contribution in [0.3, 0.4) is 0 Å². The number of hydrogen-bond acceptors (Lipinski definition) is 5. The maximum absolute atomic E-state index is 11.3. The summed E-state index contributed by atoms with van der Waals surface area (Å²) < 4.78 is 0. The molecule has 16 heavy (non-hydrogen) atoms. The van der Waals surface area contributed by atoms with Crippen LogP contribution in [0.15, 0.2) is 18.6 Å². The molecule has 2 heterocycles. The van der Waals surface area contributed by atoms with Gasteiger partial charge in [0.05, 0.1) is 6.20 Å². The van der Waals surface area contributed by atoms with Crippen LogP contribution >= 0.6 is 0 Å². The summed E-state index contributed by atoms with van der Waals surface area (Å²) in [5.74, 6) is 0.457. The second-order valence-corrected chi connectivity index (χ2v) is 3.46. The lowest BCUT2D eigenvalue weighted by molar-refractivity contribution is -0.138. The van der Waals surface area contributed by atoms with Crippen LogP contribution < -0.4 is 5.32 Å². The Morgan fingerprint density at radius 2 is 2.00 bits per heavy atom. The quantitative estimate of drug-likeness (QED) is 0.725. The summed E-state index contributed by atoms with van der Waals surface area (Å²) in [5, 5.41) is 2.99. The van der Waals surface area contributed by atoms with Crippen molar-refractivity contribution >= 4 is 17.6 Å². The number of imide groups is 1. The molecule has 84 valence electrons. The first kappa shape index (κ1) is 10.5. The summed E-state index contributed by atoms with van der Waals surface area (Å²) in [6.45, 7) is 0.879. The maximum Gasteiger partial charge on any atom is 0.229 e. The van der Waals surface area contributed by atoms with Crippen LogP contribution in [0.25, 0.3) is 0 Å². The number of nitrogens with zero attached hydrogens (tertiary/aromatic N) is 3. The Hall–Kier alpha value is -1.98. The SMILES string of the molecule is O=C1CCC(=O)N1CCNc1cnccn1. The molecule has 0 radical (unpaired) electrons. The molecule has 0 saturated carbocycles. The highest BCUT2D eigenvalue weighted by Crippen LogP contribution is 2.10. The second kappa shape index (κ2) is 4.69. The van der Waals surface area contributed by atoms with E-state index in [4.69, 9.17) is 0 Å². The van der Waals surface area contributed by atoms with E-state index < -0.39 is 0 Å². The molecule has 1 aromatic rings. The predicted molar refractivity (Wildman–Crippen MR) is 56.5 cm³/mol. The molecule has 1 fully saturated rings. The Bertz CT molecular complexity index is 377. The molecule has 0 unspecified atom stereocenters. The van der Waals surface area contributed by atoms with Gasteiger partial charge >= 0.3 is 0 Å². The molecular weight excluding hydrogens is 208 g/mol. The molecule has 1 aromatic heterocycles. The van der Waals surface area contributed by atoms with Gasteiger partial charge in [-0.2, -0.15) is 0 Å². The molecular formula is C10H12N4O2. The van der Waals surface area contributed by atoms with Crippen molar-refractivity contribution in [2.75, 3.05) is 18.4 Å². The van der Waals surface area contributed by atoms with Gasteiger partial charge < -0.3 is 5.32 Å². The third-order valence-corrected chi connectivity index (χ3v) is 2.36.